The molecule has 1 aliphatic rings. The Labute approximate surface area is 132 Å². The van der Waals surface area contributed by atoms with Gasteiger partial charge in [0.2, 0.25) is 5.76 Å². The maximum absolute atomic E-state index is 12.7. The number of alkyl halides is 3. The lowest BCUT2D eigenvalue weighted by Crippen LogP contribution is -2.46. The summed E-state index contributed by atoms with van der Waals surface area (Å²) in [5.74, 6) is -2.06. The zero-order valence-electron chi connectivity index (χ0n) is 11.9. The van der Waals surface area contributed by atoms with E-state index >= 15 is 0 Å². The smallest absolute Gasteiger partial charge is 0.438 e. The molecule has 0 bridgehead atoms. The zero-order valence-corrected chi connectivity index (χ0v) is 12.7. The Kier molecular flexibility index (Phi) is 6.67. The second-order valence-corrected chi connectivity index (χ2v) is 5.24. The second kappa shape index (κ2) is 7.82. The first-order chi connectivity index (χ1) is 9.93. The summed E-state index contributed by atoms with van der Waals surface area (Å²) in [6.45, 7) is 0.190. The second-order valence-electron chi connectivity index (χ2n) is 5.24. The topological polar surface area (TPSA) is 81.1 Å². The van der Waals surface area contributed by atoms with E-state index in [0.717, 1.165) is 32.1 Å². The van der Waals surface area contributed by atoms with Crippen molar-refractivity contribution in [2.45, 2.75) is 44.3 Å². The van der Waals surface area contributed by atoms with Gasteiger partial charge >= 0.3 is 6.18 Å². The Morgan fingerprint density at radius 1 is 1.41 bits per heavy atom. The van der Waals surface area contributed by atoms with Gasteiger partial charge in [0.05, 0.1) is 0 Å². The van der Waals surface area contributed by atoms with Crippen LogP contribution in [-0.2, 0) is 6.18 Å². The molecular formula is C13H19ClF3N3O2. The summed E-state index contributed by atoms with van der Waals surface area (Å²) >= 11 is 0. The van der Waals surface area contributed by atoms with Gasteiger partial charge in [-0.3, -0.25) is 4.79 Å². The summed E-state index contributed by atoms with van der Waals surface area (Å²) in [5.41, 5.74) is 4.91. The molecule has 1 aromatic rings. The van der Waals surface area contributed by atoms with Gasteiger partial charge in [-0.05, 0) is 18.8 Å². The molecule has 1 atom stereocenters. The standard InChI is InChI=1S/C13H18F3N3O2.ClH/c14-13(15,16)11-10(18-7-21-11)12(20)19-9(6-17)8-4-2-1-3-5-8;/h7-9H,1-6,17H2,(H,19,20);1H. The average molecular weight is 342 g/mol. The van der Waals surface area contributed by atoms with Gasteiger partial charge in [0.25, 0.3) is 5.91 Å². The third kappa shape index (κ3) is 4.36. The Hall–Kier alpha value is -1.28. The van der Waals surface area contributed by atoms with Gasteiger partial charge in [-0.2, -0.15) is 13.2 Å². The minimum Gasteiger partial charge on any atom is -0.438 e. The minimum absolute atomic E-state index is 0. The summed E-state index contributed by atoms with van der Waals surface area (Å²) in [6.07, 6.45) is 0.967. The van der Waals surface area contributed by atoms with Crippen LogP contribution < -0.4 is 11.1 Å². The molecule has 1 heterocycles. The van der Waals surface area contributed by atoms with Gasteiger partial charge in [0.1, 0.15) is 0 Å². The van der Waals surface area contributed by atoms with Gasteiger partial charge in [-0.15, -0.1) is 12.4 Å². The SMILES string of the molecule is Cl.NCC(NC(=O)c1ncoc1C(F)(F)F)C1CCCCC1. The molecule has 5 nitrogen and oxygen atoms in total. The molecule has 1 aliphatic carbocycles. The van der Waals surface area contributed by atoms with E-state index in [0.29, 0.717) is 6.39 Å². The van der Waals surface area contributed by atoms with Crippen LogP contribution in [-0.4, -0.2) is 23.5 Å². The highest BCUT2D eigenvalue weighted by Gasteiger charge is 2.41. The number of aromatic nitrogens is 1. The highest BCUT2D eigenvalue weighted by molar-refractivity contribution is 5.93. The van der Waals surface area contributed by atoms with Crippen LogP contribution in [0.15, 0.2) is 10.8 Å². The largest absolute Gasteiger partial charge is 0.452 e. The molecule has 0 saturated heterocycles. The number of amides is 1. The molecule has 1 amide bonds. The Morgan fingerprint density at radius 3 is 2.59 bits per heavy atom. The van der Waals surface area contributed by atoms with Gasteiger partial charge < -0.3 is 15.5 Å². The molecule has 0 aliphatic heterocycles. The van der Waals surface area contributed by atoms with Crippen molar-refractivity contribution in [2.75, 3.05) is 6.54 Å². The minimum atomic E-state index is -4.74. The third-order valence-corrected chi connectivity index (χ3v) is 3.83. The molecule has 0 aromatic carbocycles. The fraction of sp³-hybridized carbons (Fsp3) is 0.692. The lowest BCUT2D eigenvalue weighted by Gasteiger charge is -2.29. The van der Waals surface area contributed by atoms with Crippen LogP contribution in [0.2, 0.25) is 0 Å². The molecular weight excluding hydrogens is 323 g/mol. The maximum Gasteiger partial charge on any atom is 0.452 e. The molecule has 0 spiro atoms. The van der Waals surface area contributed by atoms with E-state index < -0.39 is 23.5 Å². The van der Waals surface area contributed by atoms with Crippen molar-refractivity contribution in [2.24, 2.45) is 11.7 Å². The van der Waals surface area contributed by atoms with E-state index in [4.69, 9.17) is 5.73 Å². The maximum atomic E-state index is 12.7. The fourth-order valence-corrected chi connectivity index (χ4v) is 2.75. The first-order valence-corrected chi connectivity index (χ1v) is 6.95. The van der Waals surface area contributed by atoms with Crippen molar-refractivity contribution >= 4 is 18.3 Å². The summed E-state index contributed by atoms with van der Waals surface area (Å²) in [6, 6.07) is -0.337. The van der Waals surface area contributed by atoms with Crippen LogP contribution in [0.4, 0.5) is 13.2 Å². The molecule has 1 aromatic heterocycles. The Morgan fingerprint density at radius 2 is 2.05 bits per heavy atom. The number of hydrogen-bond donors (Lipinski definition) is 2. The highest BCUT2D eigenvalue weighted by Crippen LogP contribution is 2.32. The van der Waals surface area contributed by atoms with Crippen molar-refractivity contribution in [1.82, 2.24) is 10.3 Å². The molecule has 2 rings (SSSR count). The Bertz CT molecular complexity index is 487. The van der Waals surface area contributed by atoms with Crippen molar-refractivity contribution < 1.29 is 22.4 Å². The van der Waals surface area contributed by atoms with Crippen LogP contribution in [0.3, 0.4) is 0 Å². The monoisotopic (exact) mass is 341 g/mol. The zero-order chi connectivity index (χ0) is 15.5. The van der Waals surface area contributed by atoms with Gasteiger partial charge in [-0.1, -0.05) is 19.3 Å². The van der Waals surface area contributed by atoms with E-state index in [9.17, 15) is 18.0 Å². The number of hydrogen-bond acceptors (Lipinski definition) is 4. The molecule has 3 N–H and O–H groups in total. The first kappa shape index (κ1) is 18.8. The normalized spacial score (nSPS) is 17.6. The van der Waals surface area contributed by atoms with Crippen LogP contribution in [0, 0.1) is 5.92 Å². The molecule has 22 heavy (non-hydrogen) atoms. The number of nitrogens with one attached hydrogen (secondary N) is 1. The predicted octanol–water partition coefficient (Wildman–Crippen LogP) is 2.75. The molecule has 126 valence electrons. The molecule has 1 saturated carbocycles. The average Bonchev–Trinajstić information content (AvgIpc) is 2.95. The number of carbonyl (C=O) groups excluding carboxylic acids is 1. The fourth-order valence-electron chi connectivity index (χ4n) is 2.75. The number of carbonyl (C=O) groups is 1. The third-order valence-electron chi connectivity index (χ3n) is 3.83. The first-order valence-electron chi connectivity index (χ1n) is 6.95. The quantitative estimate of drug-likeness (QED) is 0.882. The molecule has 0 radical (unpaired) electrons. The summed E-state index contributed by atoms with van der Waals surface area (Å²) in [7, 11) is 0. The lowest BCUT2D eigenvalue weighted by molar-refractivity contribution is -0.153. The summed E-state index contributed by atoms with van der Waals surface area (Å²) in [5, 5.41) is 2.56. The van der Waals surface area contributed by atoms with Crippen LogP contribution in [0.25, 0.3) is 0 Å². The molecule has 1 unspecified atom stereocenters. The van der Waals surface area contributed by atoms with Crippen LogP contribution >= 0.6 is 12.4 Å². The molecule has 9 heteroatoms. The summed E-state index contributed by atoms with van der Waals surface area (Å²) in [4.78, 5) is 15.4. The number of rotatable bonds is 4. The van der Waals surface area contributed by atoms with Gasteiger partial charge in [0, 0.05) is 12.6 Å². The van der Waals surface area contributed by atoms with Gasteiger partial charge in [0.15, 0.2) is 12.1 Å². The van der Waals surface area contributed by atoms with E-state index in [1.807, 2.05) is 0 Å². The van der Waals surface area contributed by atoms with Gasteiger partial charge in [-0.25, -0.2) is 4.98 Å². The van der Waals surface area contributed by atoms with Crippen LogP contribution in [0.1, 0.15) is 48.4 Å². The van der Waals surface area contributed by atoms with E-state index in [2.05, 4.69) is 14.7 Å². The lowest BCUT2D eigenvalue weighted by atomic mass is 9.84. The number of halogens is 4. The van der Waals surface area contributed by atoms with Crippen molar-refractivity contribution in [3.05, 3.63) is 17.8 Å². The van der Waals surface area contributed by atoms with E-state index in [1.54, 1.807) is 0 Å². The van der Waals surface area contributed by atoms with Crippen molar-refractivity contribution in [3.63, 3.8) is 0 Å². The van der Waals surface area contributed by atoms with Crippen molar-refractivity contribution in [3.8, 4) is 0 Å². The van der Waals surface area contributed by atoms with Crippen molar-refractivity contribution in [1.29, 1.82) is 0 Å². The van der Waals surface area contributed by atoms with Crippen LogP contribution in [0.5, 0.6) is 0 Å². The predicted molar refractivity (Wildman–Crippen MR) is 75.6 cm³/mol. The summed E-state index contributed by atoms with van der Waals surface area (Å²) < 4.78 is 42.3. The number of nitrogens with two attached hydrogens (primary N) is 1. The number of oxazole rings is 1. The van der Waals surface area contributed by atoms with E-state index in [-0.39, 0.29) is 30.9 Å². The Balaban J connectivity index is 0.00000242. The van der Waals surface area contributed by atoms with E-state index in [1.165, 1.54) is 0 Å². The highest BCUT2D eigenvalue weighted by atomic mass is 35.5. The molecule has 1 fully saturated rings. The number of nitrogens with zero attached hydrogens (tertiary/aromatic N) is 1.